The number of hydrogen-bond acceptors (Lipinski definition) is 8. The smallest absolute Gasteiger partial charge is 0.873 e. The van der Waals surface area contributed by atoms with Crippen molar-refractivity contribution in [2.75, 3.05) is 26.4 Å². The second kappa shape index (κ2) is 14.4. The van der Waals surface area contributed by atoms with Gasteiger partial charge in [-0.3, -0.25) is 9.59 Å². The van der Waals surface area contributed by atoms with Crippen molar-refractivity contribution in [2.45, 2.75) is 102 Å². The van der Waals surface area contributed by atoms with Crippen molar-refractivity contribution in [3.05, 3.63) is 79.2 Å². The van der Waals surface area contributed by atoms with Crippen LogP contribution in [0.25, 0.3) is 11.1 Å². The fraction of sp³-hybridized carbons (Fsp3) is 0.526. The van der Waals surface area contributed by atoms with E-state index in [1.54, 1.807) is 24.3 Å². The summed E-state index contributed by atoms with van der Waals surface area (Å²) in [7, 11) is 0. The average molecular weight is 766 g/mol. The van der Waals surface area contributed by atoms with Crippen LogP contribution in [-0.2, 0) is 28.5 Å². The summed E-state index contributed by atoms with van der Waals surface area (Å²) in [5.41, 5.74) is 3.65. The number of nitrogens with one attached hydrogen (secondary N) is 2. The molecule has 0 atom stereocenters. The molecule has 6 aliphatic rings. The maximum absolute atomic E-state index is 13.3. The third-order valence-electron chi connectivity index (χ3n) is 11.3. The monoisotopic (exact) mass is 764 g/mol. The summed E-state index contributed by atoms with van der Waals surface area (Å²) < 4.78 is 23.0. The molecule has 0 radical (unpaired) electrons. The second-order valence-corrected chi connectivity index (χ2v) is 15.4. The maximum atomic E-state index is 13.3. The van der Waals surface area contributed by atoms with E-state index < -0.39 is 22.7 Å². The number of benzene rings is 2. The summed E-state index contributed by atoms with van der Waals surface area (Å²) in [4.78, 5) is 25.4. The third kappa shape index (κ3) is 6.87. The van der Waals surface area contributed by atoms with E-state index in [0.29, 0.717) is 99.0 Å². The minimum atomic E-state index is -0.828. The number of hydrogen-bond donors (Lipinski definition) is 2. The SMILES string of the molecule is Cc1cc(Cl)cc(C)c1C1=C([O-])C2(CCC3(CC2)OCCO3)NC1=O.Cc1cc(Cl)cc(C)c1C1=C([O-])C2(CCC3(CC2)OCCO3)NC1=O.[Ca+2]. The number of ether oxygens (including phenoxy) is 4. The van der Waals surface area contributed by atoms with E-state index in [-0.39, 0.29) is 72.2 Å². The van der Waals surface area contributed by atoms with Crippen molar-refractivity contribution in [1.82, 2.24) is 10.6 Å². The van der Waals surface area contributed by atoms with Gasteiger partial charge in [-0.1, -0.05) is 34.7 Å². The first-order valence-corrected chi connectivity index (χ1v) is 18.1. The number of aryl methyl sites for hydroxylation is 4. The average Bonchev–Trinajstić information content (AvgIpc) is 3.81. The summed E-state index contributed by atoms with van der Waals surface area (Å²) >= 11 is 12.2. The number of carbonyl (C=O) groups excluding carboxylic acids is 2. The van der Waals surface area contributed by atoms with E-state index in [9.17, 15) is 19.8 Å². The molecule has 2 aliphatic carbocycles. The minimum Gasteiger partial charge on any atom is -0.873 e. The molecule has 51 heavy (non-hydrogen) atoms. The van der Waals surface area contributed by atoms with Crippen LogP contribution in [0.5, 0.6) is 0 Å². The fourth-order valence-corrected chi connectivity index (χ4v) is 9.47. The zero-order valence-corrected chi connectivity index (χ0v) is 33.2. The van der Waals surface area contributed by atoms with Crippen LogP contribution in [-0.4, -0.2) is 98.6 Å². The predicted octanol–water partition coefficient (Wildman–Crippen LogP) is 4.05. The molecule has 2 aromatic carbocycles. The van der Waals surface area contributed by atoms with Crippen LogP contribution in [0, 0.1) is 27.7 Å². The van der Waals surface area contributed by atoms with Crippen LogP contribution in [0.15, 0.2) is 35.8 Å². The van der Waals surface area contributed by atoms with Gasteiger partial charge in [-0.05, 0) is 111 Å². The Hall–Kier alpha value is -1.86. The molecular formula is C38H42CaCl2N2O8. The molecule has 2 amide bonds. The first-order valence-electron chi connectivity index (χ1n) is 17.3. The van der Waals surface area contributed by atoms with Gasteiger partial charge in [-0.25, -0.2) is 0 Å². The zero-order valence-electron chi connectivity index (χ0n) is 29.5. The Kier molecular flexibility index (Phi) is 11.0. The first kappa shape index (κ1) is 38.9. The van der Waals surface area contributed by atoms with Gasteiger partial charge in [0.15, 0.2) is 11.6 Å². The van der Waals surface area contributed by atoms with Gasteiger partial charge in [-0.15, -0.1) is 0 Å². The van der Waals surface area contributed by atoms with Crippen LogP contribution < -0.4 is 20.8 Å². The minimum absolute atomic E-state index is 0. The molecule has 4 aliphatic heterocycles. The van der Waals surface area contributed by atoms with Gasteiger partial charge in [0, 0.05) is 46.9 Å². The van der Waals surface area contributed by atoms with Crippen LogP contribution in [0.1, 0.15) is 84.7 Å². The first-order chi connectivity index (χ1) is 23.7. The molecule has 0 unspecified atom stereocenters. The van der Waals surface area contributed by atoms with Crippen molar-refractivity contribution in [3.63, 3.8) is 0 Å². The summed E-state index contributed by atoms with van der Waals surface area (Å²) in [6, 6.07) is 7.16. The maximum Gasteiger partial charge on any atom is 2.00 e. The van der Waals surface area contributed by atoms with E-state index in [0.717, 1.165) is 22.3 Å². The van der Waals surface area contributed by atoms with Crippen LogP contribution in [0.3, 0.4) is 0 Å². The zero-order chi connectivity index (χ0) is 35.6. The molecule has 4 spiro atoms. The Balaban J connectivity index is 0.000000172. The molecule has 13 heteroatoms. The van der Waals surface area contributed by atoms with Crippen molar-refractivity contribution in [3.8, 4) is 0 Å². The molecule has 4 fully saturated rings. The van der Waals surface area contributed by atoms with Gasteiger partial charge < -0.3 is 39.8 Å². The number of amides is 2. The Morgan fingerprint density at radius 1 is 0.549 bits per heavy atom. The van der Waals surface area contributed by atoms with Gasteiger partial charge in [-0.2, -0.15) is 0 Å². The van der Waals surface area contributed by atoms with E-state index in [4.69, 9.17) is 42.1 Å². The predicted molar refractivity (Wildman–Crippen MR) is 189 cm³/mol. The fourth-order valence-electron chi connectivity index (χ4n) is 8.81. The number of halogens is 2. The molecule has 4 heterocycles. The Morgan fingerprint density at radius 2 is 0.824 bits per heavy atom. The second-order valence-electron chi connectivity index (χ2n) is 14.5. The van der Waals surface area contributed by atoms with Crippen LogP contribution in [0.4, 0.5) is 0 Å². The van der Waals surface area contributed by atoms with Crippen molar-refractivity contribution >= 4 is 83.9 Å². The van der Waals surface area contributed by atoms with Gasteiger partial charge in [0.2, 0.25) is 0 Å². The van der Waals surface area contributed by atoms with Gasteiger partial charge >= 0.3 is 37.7 Å². The van der Waals surface area contributed by atoms with Crippen molar-refractivity contribution in [1.29, 1.82) is 0 Å². The Bertz CT molecular complexity index is 1630. The van der Waals surface area contributed by atoms with Crippen molar-refractivity contribution in [2.24, 2.45) is 0 Å². The largest absolute Gasteiger partial charge is 2.00 e. The molecule has 2 N–H and O–H groups in total. The van der Waals surface area contributed by atoms with E-state index in [1.807, 2.05) is 27.7 Å². The summed E-state index contributed by atoms with van der Waals surface area (Å²) in [6.07, 6.45) is 4.60. The Morgan fingerprint density at radius 3 is 1.10 bits per heavy atom. The molecule has 268 valence electrons. The van der Waals surface area contributed by atoms with Crippen LogP contribution in [0.2, 0.25) is 10.0 Å². The quantitative estimate of drug-likeness (QED) is 0.437. The molecule has 10 nitrogen and oxygen atoms in total. The molecule has 2 saturated heterocycles. The summed E-state index contributed by atoms with van der Waals surface area (Å²) in [6.45, 7) is 9.88. The van der Waals surface area contributed by atoms with Crippen LogP contribution >= 0.6 is 23.2 Å². The summed E-state index contributed by atoms with van der Waals surface area (Å²) in [5, 5.41) is 33.7. The van der Waals surface area contributed by atoms with E-state index in [2.05, 4.69) is 10.6 Å². The molecule has 2 saturated carbocycles. The van der Waals surface area contributed by atoms with Gasteiger partial charge in [0.1, 0.15) is 0 Å². The normalized spacial score (nSPS) is 23.9. The van der Waals surface area contributed by atoms with Gasteiger partial charge in [0.25, 0.3) is 11.8 Å². The number of carbonyl (C=O) groups is 2. The van der Waals surface area contributed by atoms with E-state index >= 15 is 0 Å². The Labute approximate surface area is 338 Å². The molecular weight excluding hydrogens is 723 g/mol. The third-order valence-corrected chi connectivity index (χ3v) is 11.8. The van der Waals surface area contributed by atoms with Crippen molar-refractivity contribution < 1.29 is 38.7 Å². The number of rotatable bonds is 2. The molecule has 8 rings (SSSR count). The standard InChI is InChI=1S/2C19H22ClNO4.Ca/c2*1-11-9-13(20)10-12(2)14(11)15-16(22)18(21-17(15)23)3-5-19(6-4-18)24-7-8-25-19;/h2*9-10,22H,3-8H2,1-2H3,(H,21,23);/q;;+2/p-2. The molecule has 2 aromatic rings. The van der Waals surface area contributed by atoms with Gasteiger partial charge in [0.05, 0.1) is 37.5 Å². The molecule has 0 bridgehead atoms. The summed E-state index contributed by atoms with van der Waals surface area (Å²) in [5.74, 6) is -1.93. The van der Waals surface area contributed by atoms with E-state index in [1.165, 1.54) is 0 Å². The molecule has 0 aromatic heterocycles. The topological polar surface area (TPSA) is 141 Å².